The molecule has 3 rings (SSSR count). The Morgan fingerprint density at radius 2 is 1.62 bits per heavy atom. The third-order valence-corrected chi connectivity index (χ3v) is 6.08. The van der Waals surface area contributed by atoms with Gasteiger partial charge in [0.1, 0.15) is 0 Å². The fourth-order valence-electron chi connectivity index (χ4n) is 2.65. The molecule has 0 unspecified atom stereocenters. The monoisotopic (exact) mass is 448 g/mol. The molecule has 0 saturated heterocycles. The zero-order valence-electron chi connectivity index (χ0n) is 15.2. The van der Waals surface area contributed by atoms with Gasteiger partial charge in [0.15, 0.2) is 0 Å². The van der Waals surface area contributed by atoms with Crippen LogP contribution in [-0.2, 0) is 16.4 Å². The molecule has 0 heterocycles. The highest BCUT2D eigenvalue weighted by atomic mass is 35.5. The van der Waals surface area contributed by atoms with E-state index in [0.29, 0.717) is 28.6 Å². The second-order valence-electron chi connectivity index (χ2n) is 6.25. The molecule has 0 radical (unpaired) electrons. The molecule has 0 aliphatic heterocycles. The Hall–Kier alpha value is -2.54. The highest BCUT2D eigenvalue weighted by Gasteiger charge is 2.16. The Morgan fingerprint density at radius 3 is 2.31 bits per heavy atom. The quantitative estimate of drug-likeness (QED) is 0.546. The molecule has 2 N–H and O–H groups in total. The number of sulfonamides is 1. The van der Waals surface area contributed by atoms with Crippen LogP contribution in [0.4, 0.5) is 5.69 Å². The van der Waals surface area contributed by atoms with Crippen molar-refractivity contribution in [3.05, 3.63) is 94.0 Å². The first kappa shape index (κ1) is 21.2. The van der Waals surface area contributed by atoms with Crippen molar-refractivity contribution in [1.29, 1.82) is 0 Å². The minimum absolute atomic E-state index is 0.0351. The second-order valence-corrected chi connectivity index (χ2v) is 8.77. The van der Waals surface area contributed by atoms with Crippen LogP contribution in [0.5, 0.6) is 0 Å². The number of amides is 1. The van der Waals surface area contributed by atoms with E-state index >= 15 is 0 Å². The Morgan fingerprint density at radius 1 is 0.897 bits per heavy atom. The van der Waals surface area contributed by atoms with Gasteiger partial charge in [0.25, 0.3) is 15.9 Å². The van der Waals surface area contributed by atoms with Crippen molar-refractivity contribution in [2.24, 2.45) is 0 Å². The molecular weight excluding hydrogens is 431 g/mol. The molecule has 0 aliphatic rings. The number of benzene rings is 3. The number of halogens is 2. The van der Waals surface area contributed by atoms with E-state index in [4.69, 9.17) is 23.2 Å². The number of carbonyl (C=O) groups is 1. The lowest BCUT2D eigenvalue weighted by Gasteiger charge is -2.10. The van der Waals surface area contributed by atoms with Gasteiger partial charge < -0.3 is 5.32 Å². The van der Waals surface area contributed by atoms with Crippen LogP contribution in [0.3, 0.4) is 0 Å². The lowest BCUT2D eigenvalue weighted by Crippen LogP contribution is -2.25. The van der Waals surface area contributed by atoms with Gasteiger partial charge in [-0.1, -0.05) is 47.5 Å². The smallest absolute Gasteiger partial charge is 0.261 e. The average Bonchev–Trinajstić information content (AvgIpc) is 2.70. The third-order valence-electron chi connectivity index (χ3n) is 4.13. The van der Waals surface area contributed by atoms with Crippen molar-refractivity contribution in [3.63, 3.8) is 0 Å². The first-order valence-corrected chi connectivity index (χ1v) is 11.0. The van der Waals surface area contributed by atoms with Gasteiger partial charge in [0, 0.05) is 17.1 Å². The van der Waals surface area contributed by atoms with Gasteiger partial charge in [-0.15, -0.1) is 0 Å². The molecular formula is C21H18Cl2N2O3S. The van der Waals surface area contributed by atoms with Gasteiger partial charge >= 0.3 is 0 Å². The Kier molecular flexibility index (Phi) is 6.79. The van der Waals surface area contributed by atoms with Crippen molar-refractivity contribution in [1.82, 2.24) is 5.32 Å². The first-order valence-electron chi connectivity index (χ1n) is 8.75. The number of anilines is 1. The highest BCUT2D eigenvalue weighted by Crippen LogP contribution is 2.24. The molecule has 3 aromatic carbocycles. The summed E-state index contributed by atoms with van der Waals surface area (Å²) < 4.78 is 27.5. The fourth-order valence-corrected chi connectivity index (χ4v) is 4.18. The van der Waals surface area contributed by atoms with Crippen molar-refractivity contribution >= 4 is 44.8 Å². The van der Waals surface area contributed by atoms with Gasteiger partial charge in [-0.25, -0.2) is 8.42 Å². The SMILES string of the molecule is O=C(NCCc1cccc(Cl)c1)c1ccc(S(=O)(=O)Nc2ccccc2Cl)cc1. The first-order chi connectivity index (χ1) is 13.8. The van der Waals surface area contributed by atoms with Crippen LogP contribution in [0.15, 0.2) is 77.7 Å². The van der Waals surface area contributed by atoms with E-state index in [-0.39, 0.29) is 16.5 Å². The Balaban J connectivity index is 1.61. The Labute approximate surface area is 179 Å². The predicted octanol–water partition coefficient (Wildman–Crippen LogP) is 4.77. The Bertz CT molecular complexity index is 1120. The summed E-state index contributed by atoms with van der Waals surface area (Å²) in [5, 5.41) is 3.75. The summed E-state index contributed by atoms with van der Waals surface area (Å²) in [6.07, 6.45) is 0.639. The van der Waals surface area contributed by atoms with E-state index in [1.165, 1.54) is 24.3 Å². The molecule has 0 spiro atoms. The molecule has 150 valence electrons. The van der Waals surface area contributed by atoms with Gasteiger partial charge in [-0.3, -0.25) is 9.52 Å². The topological polar surface area (TPSA) is 75.3 Å². The van der Waals surface area contributed by atoms with Crippen LogP contribution in [0.2, 0.25) is 10.0 Å². The summed E-state index contributed by atoms with van der Waals surface area (Å²) in [4.78, 5) is 12.3. The minimum atomic E-state index is -3.81. The van der Waals surface area contributed by atoms with Crippen molar-refractivity contribution in [2.45, 2.75) is 11.3 Å². The molecule has 0 fully saturated rings. The number of para-hydroxylation sites is 1. The molecule has 1 amide bonds. The van der Waals surface area contributed by atoms with Crippen molar-refractivity contribution < 1.29 is 13.2 Å². The number of nitrogens with one attached hydrogen (secondary N) is 2. The maximum absolute atomic E-state index is 12.5. The molecule has 0 bridgehead atoms. The summed E-state index contributed by atoms with van der Waals surface area (Å²) in [5.74, 6) is -0.282. The van der Waals surface area contributed by atoms with Gasteiger partial charge in [-0.2, -0.15) is 0 Å². The lowest BCUT2D eigenvalue weighted by molar-refractivity contribution is 0.0954. The maximum atomic E-state index is 12.5. The van der Waals surface area contributed by atoms with Crippen LogP contribution < -0.4 is 10.0 Å². The zero-order chi connectivity index (χ0) is 20.9. The summed E-state index contributed by atoms with van der Waals surface area (Å²) in [6.45, 7) is 0.438. The highest BCUT2D eigenvalue weighted by molar-refractivity contribution is 7.92. The molecule has 0 atom stereocenters. The van der Waals surface area contributed by atoms with E-state index in [0.717, 1.165) is 5.56 Å². The molecule has 0 aliphatic carbocycles. The van der Waals surface area contributed by atoms with Crippen molar-refractivity contribution in [2.75, 3.05) is 11.3 Å². The van der Waals surface area contributed by atoms with Gasteiger partial charge in [0.2, 0.25) is 0 Å². The van der Waals surface area contributed by atoms with E-state index in [9.17, 15) is 13.2 Å². The molecule has 0 saturated carbocycles. The number of rotatable bonds is 7. The lowest BCUT2D eigenvalue weighted by atomic mass is 10.1. The summed E-state index contributed by atoms with van der Waals surface area (Å²) in [7, 11) is -3.81. The van der Waals surface area contributed by atoms with Gasteiger partial charge in [-0.05, 0) is 60.5 Å². The average molecular weight is 449 g/mol. The number of hydrogen-bond acceptors (Lipinski definition) is 3. The fraction of sp³-hybridized carbons (Fsp3) is 0.0952. The largest absolute Gasteiger partial charge is 0.352 e. The van der Waals surface area contributed by atoms with E-state index in [2.05, 4.69) is 10.0 Å². The van der Waals surface area contributed by atoms with Crippen LogP contribution in [0.1, 0.15) is 15.9 Å². The zero-order valence-corrected chi connectivity index (χ0v) is 17.6. The summed E-state index contributed by atoms with van der Waals surface area (Å²) in [5.41, 5.74) is 1.68. The van der Waals surface area contributed by atoms with Gasteiger partial charge in [0.05, 0.1) is 15.6 Å². The summed E-state index contributed by atoms with van der Waals surface area (Å²) >= 11 is 11.9. The van der Waals surface area contributed by atoms with Crippen LogP contribution in [0, 0.1) is 0 Å². The minimum Gasteiger partial charge on any atom is -0.352 e. The van der Waals surface area contributed by atoms with Crippen LogP contribution >= 0.6 is 23.2 Å². The van der Waals surface area contributed by atoms with Crippen LogP contribution in [0.25, 0.3) is 0 Å². The summed E-state index contributed by atoms with van der Waals surface area (Å²) in [6, 6.07) is 19.7. The second kappa shape index (κ2) is 9.31. The normalized spacial score (nSPS) is 11.1. The molecule has 0 aromatic heterocycles. The molecule has 8 heteroatoms. The standard InChI is InChI=1S/C21H18Cl2N2O3S/c22-17-5-3-4-15(14-17)12-13-24-21(26)16-8-10-18(11-9-16)29(27,28)25-20-7-2-1-6-19(20)23/h1-11,14,25H,12-13H2,(H,24,26). The number of hydrogen-bond donors (Lipinski definition) is 2. The third kappa shape index (κ3) is 5.73. The van der Waals surface area contributed by atoms with E-state index in [1.807, 2.05) is 18.2 Å². The van der Waals surface area contributed by atoms with Crippen molar-refractivity contribution in [3.8, 4) is 0 Å². The number of carbonyl (C=O) groups excluding carboxylic acids is 1. The molecule has 3 aromatic rings. The molecule has 29 heavy (non-hydrogen) atoms. The predicted molar refractivity (Wildman–Crippen MR) is 116 cm³/mol. The maximum Gasteiger partial charge on any atom is 0.261 e. The van der Waals surface area contributed by atoms with Crippen LogP contribution in [-0.4, -0.2) is 20.9 Å². The van der Waals surface area contributed by atoms with E-state index < -0.39 is 10.0 Å². The molecule has 5 nitrogen and oxygen atoms in total. The van der Waals surface area contributed by atoms with E-state index in [1.54, 1.807) is 30.3 Å².